The number of nitrogens with zero attached hydrogens (tertiary/aromatic N) is 2. The predicted octanol–water partition coefficient (Wildman–Crippen LogP) is 8.93. The molecule has 0 aliphatic carbocycles. The summed E-state index contributed by atoms with van der Waals surface area (Å²) in [5.41, 5.74) is 3.18. The molecule has 0 N–H and O–H groups in total. The van der Waals surface area contributed by atoms with Crippen LogP contribution in [0.25, 0.3) is 41.6 Å². The zero-order valence-electron chi connectivity index (χ0n) is 24.9. The first-order valence-corrected chi connectivity index (χ1v) is 18.4. The van der Waals surface area contributed by atoms with Gasteiger partial charge in [-0.3, -0.25) is 9.59 Å². The van der Waals surface area contributed by atoms with Crippen LogP contribution in [0, 0.1) is 0 Å². The number of hydrogen-bond acceptors (Lipinski definition) is 12. The Morgan fingerprint density at radius 1 is 0.609 bits per heavy atom. The molecule has 0 aliphatic heterocycles. The van der Waals surface area contributed by atoms with E-state index in [0.717, 1.165) is 30.4 Å². The summed E-state index contributed by atoms with van der Waals surface area (Å²) in [7, 11) is 6.08. The van der Waals surface area contributed by atoms with Gasteiger partial charge in [0.05, 0.1) is 58.6 Å². The molecule has 8 nitrogen and oxygen atoms in total. The molecule has 0 spiro atoms. The molecule has 0 fully saturated rings. The maximum atomic E-state index is 12.8. The monoisotopic (exact) mass is 688 g/mol. The lowest BCUT2D eigenvalue weighted by molar-refractivity contribution is -0.134. The van der Waals surface area contributed by atoms with Crippen molar-refractivity contribution in [3.8, 4) is 44.1 Å². The lowest BCUT2D eigenvalue weighted by Crippen LogP contribution is -2.11. The molecule has 2 aromatic heterocycles. The van der Waals surface area contributed by atoms with Gasteiger partial charge in [-0.25, -0.2) is 9.97 Å². The number of carbonyl (C=O) groups is 2. The van der Waals surface area contributed by atoms with Crippen molar-refractivity contribution in [2.75, 3.05) is 25.7 Å². The van der Waals surface area contributed by atoms with Crippen LogP contribution in [0.5, 0.6) is 23.0 Å². The Morgan fingerprint density at radius 3 is 1.46 bits per heavy atom. The van der Waals surface area contributed by atoms with Crippen molar-refractivity contribution in [2.45, 2.75) is 12.8 Å². The van der Waals surface area contributed by atoms with E-state index in [0.29, 0.717) is 45.6 Å². The molecule has 0 unspecified atom stereocenters. The molecule has 12 heteroatoms. The summed E-state index contributed by atoms with van der Waals surface area (Å²) in [5.74, 6) is 1.92. The van der Waals surface area contributed by atoms with E-state index in [2.05, 4.69) is 0 Å². The highest BCUT2D eigenvalue weighted by molar-refractivity contribution is 8.76. The van der Waals surface area contributed by atoms with Crippen molar-refractivity contribution in [3.05, 3.63) is 84.9 Å². The second-order valence-electron chi connectivity index (χ2n) is 9.74. The smallest absolute Gasteiger partial charge is 0.312 e. The van der Waals surface area contributed by atoms with Crippen LogP contribution in [0.15, 0.2) is 84.9 Å². The van der Waals surface area contributed by atoms with Gasteiger partial charge in [0.1, 0.15) is 10.0 Å². The predicted molar refractivity (Wildman–Crippen MR) is 189 cm³/mol. The van der Waals surface area contributed by atoms with Crippen LogP contribution in [0.3, 0.4) is 0 Å². The maximum Gasteiger partial charge on any atom is 0.312 e. The van der Waals surface area contributed by atoms with Gasteiger partial charge in [-0.1, -0.05) is 58.0 Å². The van der Waals surface area contributed by atoms with E-state index >= 15 is 0 Å². The lowest BCUT2D eigenvalue weighted by Gasteiger charge is -2.13. The first kappa shape index (κ1) is 31.9. The van der Waals surface area contributed by atoms with E-state index in [1.165, 1.54) is 44.3 Å². The van der Waals surface area contributed by atoms with Gasteiger partial charge in [0.2, 0.25) is 0 Å². The number of esters is 2. The molecule has 2 heterocycles. The highest BCUT2D eigenvalue weighted by atomic mass is 33.1. The van der Waals surface area contributed by atoms with E-state index in [-0.39, 0.29) is 24.8 Å². The van der Waals surface area contributed by atoms with Gasteiger partial charge >= 0.3 is 11.9 Å². The Balaban J connectivity index is 1.00. The van der Waals surface area contributed by atoms with Crippen molar-refractivity contribution in [1.29, 1.82) is 0 Å². The molecule has 0 atom stereocenters. The van der Waals surface area contributed by atoms with E-state index in [1.54, 1.807) is 26.4 Å². The van der Waals surface area contributed by atoms with Crippen molar-refractivity contribution < 1.29 is 28.5 Å². The Labute approximate surface area is 281 Å². The third kappa shape index (κ3) is 7.31. The molecule has 0 aliphatic rings. The minimum Gasteiger partial charge on any atom is -0.493 e. The standard InChI is InChI=1S/C34H28N2O6S4/c1-39-25-13-7-9-21(33-35-23-11-3-5-15-27(23)45-33)31(25)41-29(37)17-19-43-44-20-18-30(38)42-32-22(10-8-14-26(32)40-2)34-36-24-12-4-6-16-28(24)46-34/h3-16H,17-20H2,1-2H3. The van der Waals surface area contributed by atoms with E-state index in [9.17, 15) is 9.59 Å². The van der Waals surface area contributed by atoms with E-state index in [1.807, 2.05) is 72.8 Å². The molecule has 0 saturated carbocycles. The fourth-order valence-electron chi connectivity index (χ4n) is 4.57. The minimum atomic E-state index is -0.377. The van der Waals surface area contributed by atoms with Crippen molar-refractivity contribution >= 4 is 76.6 Å². The largest absolute Gasteiger partial charge is 0.493 e. The van der Waals surface area contributed by atoms with Crippen molar-refractivity contribution in [3.63, 3.8) is 0 Å². The van der Waals surface area contributed by atoms with Gasteiger partial charge in [-0.05, 0) is 48.5 Å². The molecule has 6 aromatic rings. The molecule has 0 amide bonds. The average molecular weight is 689 g/mol. The number of rotatable bonds is 13. The van der Waals surface area contributed by atoms with Crippen LogP contribution in [0.4, 0.5) is 0 Å². The number of carbonyl (C=O) groups excluding carboxylic acids is 2. The SMILES string of the molecule is COc1cccc(-c2nc3ccccc3s2)c1OC(=O)CCSSCCC(=O)Oc1c(OC)cccc1-c1nc2ccccc2s1. The molecule has 6 rings (SSSR count). The lowest BCUT2D eigenvalue weighted by atomic mass is 10.2. The summed E-state index contributed by atoms with van der Waals surface area (Å²) in [6.45, 7) is 0. The van der Waals surface area contributed by atoms with E-state index < -0.39 is 0 Å². The van der Waals surface area contributed by atoms with Crippen molar-refractivity contribution in [2.24, 2.45) is 0 Å². The molecule has 4 aromatic carbocycles. The van der Waals surface area contributed by atoms with Crippen LogP contribution in [0.2, 0.25) is 0 Å². The zero-order chi connectivity index (χ0) is 31.9. The summed E-state index contributed by atoms with van der Waals surface area (Å²) < 4.78 is 24.7. The average Bonchev–Trinajstić information content (AvgIpc) is 3.71. The summed E-state index contributed by atoms with van der Waals surface area (Å²) in [5, 5.41) is 1.50. The molecule has 46 heavy (non-hydrogen) atoms. The quantitative estimate of drug-likeness (QED) is 0.0506. The normalized spacial score (nSPS) is 11.1. The number of methoxy groups -OCH3 is 2. The van der Waals surface area contributed by atoms with Crippen LogP contribution >= 0.6 is 44.3 Å². The first-order chi connectivity index (χ1) is 22.5. The Kier molecular flexibility index (Phi) is 10.4. The number of fused-ring (bicyclic) bond motifs is 2. The topological polar surface area (TPSA) is 96.8 Å². The summed E-state index contributed by atoms with van der Waals surface area (Å²) in [6.07, 6.45) is 0.373. The third-order valence-electron chi connectivity index (χ3n) is 6.74. The van der Waals surface area contributed by atoms with Crippen LogP contribution in [-0.4, -0.2) is 47.6 Å². The number of aromatic nitrogens is 2. The van der Waals surface area contributed by atoms with Crippen LogP contribution < -0.4 is 18.9 Å². The van der Waals surface area contributed by atoms with Crippen LogP contribution in [0.1, 0.15) is 12.8 Å². The van der Waals surface area contributed by atoms with Crippen LogP contribution in [-0.2, 0) is 9.59 Å². The number of benzene rings is 4. The van der Waals surface area contributed by atoms with Crippen molar-refractivity contribution in [1.82, 2.24) is 9.97 Å². The number of thiazole rings is 2. The minimum absolute atomic E-state index is 0.187. The van der Waals surface area contributed by atoms with Gasteiger partial charge in [0, 0.05) is 11.5 Å². The second kappa shape index (κ2) is 15.0. The van der Waals surface area contributed by atoms with Gasteiger partial charge in [0.25, 0.3) is 0 Å². The molecule has 0 bridgehead atoms. The first-order valence-electron chi connectivity index (χ1n) is 14.3. The molecule has 234 valence electrons. The zero-order valence-corrected chi connectivity index (χ0v) is 28.2. The molecular weight excluding hydrogens is 661 g/mol. The van der Waals surface area contributed by atoms with Gasteiger partial charge < -0.3 is 18.9 Å². The Hall–Kier alpha value is -4.10. The summed E-state index contributed by atoms with van der Waals surface area (Å²) in [6, 6.07) is 26.7. The molecular formula is C34H28N2O6S4. The second-order valence-corrected chi connectivity index (χ2v) is 14.5. The fourth-order valence-corrected chi connectivity index (χ4v) is 8.49. The molecule has 0 saturated heterocycles. The summed E-state index contributed by atoms with van der Waals surface area (Å²) in [4.78, 5) is 35.1. The third-order valence-corrected chi connectivity index (χ3v) is 11.3. The number of para-hydroxylation sites is 4. The fraction of sp³-hybridized carbons (Fsp3) is 0.176. The van der Waals surface area contributed by atoms with Gasteiger partial charge in [-0.15, -0.1) is 22.7 Å². The summed E-state index contributed by atoms with van der Waals surface area (Å²) >= 11 is 3.06. The number of hydrogen-bond donors (Lipinski definition) is 0. The molecule has 0 radical (unpaired) electrons. The highest BCUT2D eigenvalue weighted by Crippen LogP contribution is 2.43. The maximum absolute atomic E-state index is 12.8. The van der Waals surface area contributed by atoms with Gasteiger partial charge in [0.15, 0.2) is 23.0 Å². The number of ether oxygens (including phenoxy) is 4. The van der Waals surface area contributed by atoms with E-state index in [4.69, 9.17) is 28.9 Å². The Bertz CT molecular complexity index is 1800. The van der Waals surface area contributed by atoms with Gasteiger partial charge in [-0.2, -0.15) is 0 Å². The highest BCUT2D eigenvalue weighted by Gasteiger charge is 2.21. The Morgan fingerprint density at radius 2 is 1.04 bits per heavy atom.